The van der Waals surface area contributed by atoms with Crippen LogP contribution in [0.4, 0.5) is 4.79 Å². The lowest BCUT2D eigenvalue weighted by atomic mass is 10.4. The van der Waals surface area contributed by atoms with Gasteiger partial charge >= 0.3 is 12.0 Å². The highest BCUT2D eigenvalue weighted by atomic mass is 32.2. The van der Waals surface area contributed by atoms with Crippen molar-refractivity contribution in [2.24, 2.45) is 0 Å². The van der Waals surface area contributed by atoms with Gasteiger partial charge in [0.1, 0.15) is 0 Å². The number of rotatable bonds is 5. The Balaban J connectivity index is 2.25. The third-order valence-electron chi connectivity index (χ3n) is 2.43. The summed E-state index contributed by atoms with van der Waals surface area (Å²) in [5, 5.41) is 12.9. The number of carboxylic acids is 1. The van der Waals surface area contributed by atoms with Crippen LogP contribution in [0.25, 0.3) is 0 Å². The summed E-state index contributed by atoms with van der Waals surface area (Å²) < 4.78 is 0.122. The van der Waals surface area contributed by atoms with Gasteiger partial charge in [0, 0.05) is 23.4 Å². The Labute approximate surface area is 103 Å². The molecule has 0 spiro atoms. The number of aliphatic carboxylic acids is 1. The predicted molar refractivity (Wildman–Crippen MR) is 63.8 cm³/mol. The van der Waals surface area contributed by atoms with Gasteiger partial charge in [0.05, 0.1) is 0 Å². The monoisotopic (exact) mass is 258 g/mol. The smallest absolute Gasteiger partial charge is 0.328 e. The van der Waals surface area contributed by atoms with Crippen LogP contribution in [0, 0.1) is 0 Å². The van der Waals surface area contributed by atoms with E-state index in [0.29, 0.717) is 12.6 Å². The van der Waals surface area contributed by atoms with E-state index in [1.807, 2.05) is 11.6 Å². The second-order valence-corrected chi connectivity index (χ2v) is 5.00. The summed E-state index contributed by atoms with van der Waals surface area (Å²) in [5.74, 6) is -1.99. The van der Waals surface area contributed by atoms with E-state index in [1.54, 1.807) is 11.8 Å². The summed E-state index contributed by atoms with van der Waals surface area (Å²) in [7, 11) is 0. The molecule has 1 aliphatic carbocycles. The number of thioether (sulfide) groups is 1. The maximum absolute atomic E-state index is 11.3. The van der Waals surface area contributed by atoms with Gasteiger partial charge in [-0.05, 0) is 19.1 Å². The van der Waals surface area contributed by atoms with Gasteiger partial charge in [-0.2, -0.15) is 11.8 Å². The average molecular weight is 258 g/mol. The number of hydrogen-bond acceptors (Lipinski definition) is 4. The Morgan fingerprint density at radius 3 is 2.47 bits per heavy atom. The SMILES string of the molecule is CSC1(CNC(=O)NC(=O)/C=C/C(=O)O)CC1. The molecule has 0 atom stereocenters. The zero-order chi connectivity index (χ0) is 12.9. The summed E-state index contributed by atoms with van der Waals surface area (Å²) in [6.07, 6.45) is 5.56. The third-order valence-corrected chi connectivity index (χ3v) is 3.84. The summed E-state index contributed by atoms with van der Waals surface area (Å²) >= 11 is 1.69. The van der Waals surface area contributed by atoms with Crippen LogP contribution < -0.4 is 10.6 Å². The first-order valence-corrected chi connectivity index (χ1v) is 6.25. The Kier molecular flexibility index (Phi) is 4.56. The largest absolute Gasteiger partial charge is 0.478 e. The molecule has 1 rings (SSSR count). The van der Waals surface area contributed by atoms with Crippen molar-refractivity contribution in [2.75, 3.05) is 12.8 Å². The lowest BCUT2D eigenvalue weighted by molar-refractivity contribution is -0.131. The van der Waals surface area contributed by atoms with Crippen LogP contribution >= 0.6 is 11.8 Å². The standard InChI is InChI=1S/C10H14N2O4S/c1-17-10(4-5-10)6-11-9(16)12-7(13)2-3-8(14)15/h2-3H,4-6H2,1H3,(H,14,15)(H2,11,12,13,16)/b3-2+. The predicted octanol–water partition coefficient (Wildman–Crippen LogP) is 0.349. The van der Waals surface area contributed by atoms with Crippen LogP contribution in [0.15, 0.2) is 12.2 Å². The van der Waals surface area contributed by atoms with E-state index in [-0.39, 0.29) is 4.75 Å². The number of carbonyl (C=O) groups is 3. The van der Waals surface area contributed by atoms with Crippen molar-refractivity contribution >= 4 is 29.7 Å². The van der Waals surface area contributed by atoms with E-state index in [0.717, 1.165) is 18.9 Å². The van der Waals surface area contributed by atoms with Gasteiger partial charge in [-0.25, -0.2) is 9.59 Å². The highest BCUT2D eigenvalue weighted by molar-refractivity contribution is 8.00. The van der Waals surface area contributed by atoms with E-state index in [4.69, 9.17) is 5.11 Å². The molecule has 94 valence electrons. The van der Waals surface area contributed by atoms with Crippen molar-refractivity contribution in [3.8, 4) is 0 Å². The summed E-state index contributed by atoms with van der Waals surface area (Å²) in [5.41, 5.74) is 0. The van der Waals surface area contributed by atoms with Crippen molar-refractivity contribution in [1.82, 2.24) is 10.6 Å². The van der Waals surface area contributed by atoms with Gasteiger partial charge in [-0.15, -0.1) is 0 Å². The molecule has 0 radical (unpaired) electrons. The van der Waals surface area contributed by atoms with E-state index >= 15 is 0 Å². The molecule has 1 aliphatic rings. The Morgan fingerprint density at radius 1 is 1.35 bits per heavy atom. The molecule has 0 unspecified atom stereocenters. The van der Waals surface area contributed by atoms with Gasteiger partial charge in [0.15, 0.2) is 0 Å². The van der Waals surface area contributed by atoms with E-state index < -0.39 is 17.9 Å². The van der Waals surface area contributed by atoms with Gasteiger partial charge in [0.2, 0.25) is 0 Å². The number of nitrogens with one attached hydrogen (secondary N) is 2. The molecule has 0 aromatic heterocycles. The van der Waals surface area contributed by atoms with Crippen molar-refractivity contribution in [3.63, 3.8) is 0 Å². The van der Waals surface area contributed by atoms with Crippen molar-refractivity contribution in [3.05, 3.63) is 12.2 Å². The average Bonchev–Trinajstić information content (AvgIpc) is 3.04. The van der Waals surface area contributed by atoms with E-state index in [9.17, 15) is 14.4 Å². The van der Waals surface area contributed by atoms with Gasteiger partial charge < -0.3 is 10.4 Å². The molecule has 0 aromatic carbocycles. The van der Waals surface area contributed by atoms with Crippen LogP contribution in [0.3, 0.4) is 0 Å². The van der Waals surface area contributed by atoms with E-state index in [2.05, 4.69) is 5.32 Å². The first kappa shape index (κ1) is 13.6. The second-order valence-electron chi connectivity index (χ2n) is 3.73. The fourth-order valence-electron chi connectivity index (χ4n) is 1.18. The normalized spacial score (nSPS) is 16.5. The van der Waals surface area contributed by atoms with Crippen LogP contribution in [-0.4, -0.2) is 40.6 Å². The molecular formula is C10H14N2O4S. The molecular weight excluding hydrogens is 244 g/mol. The van der Waals surface area contributed by atoms with Crippen molar-refractivity contribution < 1.29 is 19.5 Å². The van der Waals surface area contributed by atoms with Crippen molar-refractivity contribution in [2.45, 2.75) is 17.6 Å². The van der Waals surface area contributed by atoms with Crippen molar-refractivity contribution in [1.29, 1.82) is 0 Å². The topological polar surface area (TPSA) is 95.5 Å². The van der Waals surface area contributed by atoms with Crippen LogP contribution in [-0.2, 0) is 9.59 Å². The first-order chi connectivity index (χ1) is 7.97. The maximum atomic E-state index is 11.3. The lowest BCUT2D eigenvalue weighted by Gasteiger charge is -2.12. The first-order valence-electron chi connectivity index (χ1n) is 5.02. The minimum Gasteiger partial charge on any atom is -0.478 e. The van der Waals surface area contributed by atoms with Crippen LogP contribution in [0.5, 0.6) is 0 Å². The second kappa shape index (κ2) is 5.72. The number of amides is 3. The molecule has 0 bridgehead atoms. The molecule has 3 amide bonds. The number of imide groups is 1. The zero-order valence-corrected chi connectivity index (χ0v) is 10.2. The van der Waals surface area contributed by atoms with Gasteiger partial charge in [0.25, 0.3) is 5.91 Å². The third kappa shape index (κ3) is 4.90. The number of carboxylic acid groups (broad SMARTS) is 1. The molecule has 3 N–H and O–H groups in total. The molecule has 1 fully saturated rings. The number of hydrogen-bond donors (Lipinski definition) is 3. The van der Waals surface area contributed by atoms with E-state index in [1.165, 1.54) is 0 Å². The number of urea groups is 1. The quantitative estimate of drug-likeness (QED) is 0.618. The van der Waals surface area contributed by atoms with Gasteiger partial charge in [-0.1, -0.05) is 0 Å². The molecule has 7 heteroatoms. The summed E-state index contributed by atoms with van der Waals surface area (Å²) in [6, 6.07) is -0.606. The zero-order valence-electron chi connectivity index (χ0n) is 9.36. The van der Waals surface area contributed by atoms with Crippen LogP contribution in [0.1, 0.15) is 12.8 Å². The highest BCUT2D eigenvalue weighted by Crippen LogP contribution is 2.46. The Hall–Kier alpha value is -1.50. The molecule has 0 aliphatic heterocycles. The maximum Gasteiger partial charge on any atom is 0.328 e. The molecule has 1 saturated carbocycles. The molecule has 0 heterocycles. The summed E-state index contributed by atoms with van der Waals surface area (Å²) in [4.78, 5) is 32.4. The molecule has 17 heavy (non-hydrogen) atoms. The molecule has 0 saturated heterocycles. The Morgan fingerprint density at radius 2 is 2.00 bits per heavy atom. The number of carbonyl (C=O) groups excluding carboxylic acids is 2. The summed E-state index contributed by atoms with van der Waals surface area (Å²) in [6.45, 7) is 0.510. The lowest BCUT2D eigenvalue weighted by Crippen LogP contribution is -2.41. The fourth-order valence-corrected chi connectivity index (χ4v) is 1.91. The van der Waals surface area contributed by atoms with Crippen LogP contribution in [0.2, 0.25) is 0 Å². The minimum absolute atomic E-state index is 0.122. The van der Waals surface area contributed by atoms with Gasteiger partial charge in [-0.3, -0.25) is 10.1 Å². The minimum atomic E-state index is -1.24. The molecule has 0 aromatic rings. The highest BCUT2D eigenvalue weighted by Gasteiger charge is 2.41. The molecule has 6 nitrogen and oxygen atoms in total. The fraction of sp³-hybridized carbons (Fsp3) is 0.500. The Bertz CT molecular complexity index is 363.